The first-order valence-electron chi connectivity index (χ1n) is 12.3. The topological polar surface area (TPSA) is 62.8 Å². The number of amides is 1. The Kier molecular flexibility index (Phi) is 8.86. The van der Waals surface area contributed by atoms with E-state index in [2.05, 4.69) is 15.4 Å². The molecule has 4 rings (SSSR count). The molecule has 2 N–H and O–H groups in total. The van der Waals surface area contributed by atoms with Gasteiger partial charge in [-0.1, -0.05) is 0 Å². The lowest BCUT2D eigenvalue weighted by Gasteiger charge is -2.26. The van der Waals surface area contributed by atoms with Gasteiger partial charge in [-0.25, -0.2) is 0 Å². The van der Waals surface area contributed by atoms with Crippen LogP contribution in [-0.4, -0.2) is 57.5 Å². The first kappa shape index (κ1) is 27.1. The molecule has 0 aliphatic carbocycles. The van der Waals surface area contributed by atoms with Gasteiger partial charge in [-0.3, -0.25) is 4.79 Å². The van der Waals surface area contributed by atoms with E-state index < -0.39 is 30.5 Å². The van der Waals surface area contributed by atoms with E-state index in [1.54, 1.807) is 24.3 Å². The number of carbonyl (C=O) groups excluding carboxylic acids is 1. The van der Waals surface area contributed by atoms with Crippen LogP contribution in [0.15, 0.2) is 48.5 Å². The number of nitrogens with one attached hydrogen (secondary N) is 2. The molecule has 0 saturated carbocycles. The Morgan fingerprint density at radius 2 is 1.73 bits per heavy atom. The van der Waals surface area contributed by atoms with Crippen LogP contribution in [0.5, 0.6) is 5.75 Å². The van der Waals surface area contributed by atoms with E-state index in [9.17, 15) is 26.7 Å². The Bertz CT molecular complexity index is 1010. The van der Waals surface area contributed by atoms with Crippen molar-refractivity contribution in [1.82, 2.24) is 10.6 Å². The van der Waals surface area contributed by atoms with Gasteiger partial charge in [-0.2, -0.15) is 22.0 Å². The molecule has 37 heavy (non-hydrogen) atoms. The molecule has 1 amide bonds. The van der Waals surface area contributed by atoms with Gasteiger partial charge in [0.05, 0.1) is 24.8 Å². The summed E-state index contributed by atoms with van der Waals surface area (Å²) >= 11 is 0. The van der Waals surface area contributed by atoms with Gasteiger partial charge in [0, 0.05) is 24.2 Å². The fourth-order valence-electron chi connectivity index (χ4n) is 4.76. The Labute approximate surface area is 212 Å². The molecular formula is C26H30F5N3O3. The van der Waals surface area contributed by atoms with Crippen LogP contribution in [0.4, 0.5) is 27.6 Å². The Morgan fingerprint density at radius 1 is 1.05 bits per heavy atom. The largest absolute Gasteiger partial charge is 0.489 e. The summed E-state index contributed by atoms with van der Waals surface area (Å²) in [5.41, 5.74) is 0.419. The van der Waals surface area contributed by atoms with Gasteiger partial charge in [0.2, 0.25) is 0 Å². The summed E-state index contributed by atoms with van der Waals surface area (Å²) in [4.78, 5) is 14.4. The van der Waals surface area contributed by atoms with Crippen LogP contribution in [0.25, 0.3) is 0 Å². The summed E-state index contributed by atoms with van der Waals surface area (Å²) in [7, 11) is 0. The molecule has 2 aliphatic heterocycles. The van der Waals surface area contributed by atoms with Crippen molar-refractivity contribution in [3.8, 4) is 5.75 Å². The van der Waals surface area contributed by atoms with E-state index in [0.29, 0.717) is 36.7 Å². The van der Waals surface area contributed by atoms with Crippen LogP contribution in [0, 0.1) is 5.92 Å². The van der Waals surface area contributed by atoms with Gasteiger partial charge >= 0.3 is 12.8 Å². The normalized spacial score (nSPS) is 20.9. The highest BCUT2D eigenvalue weighted by Crippen LogP contribution is 2.32. The number of halogens is 5. The molecule has 2 atom stereocenters. The number of alkyl halides is 5. The predicted octanol–water partition coefficient (Wildman–Crippen LogP) is 4.70. The van der Waals surface area contributed by atoms with Gasteiger partial charge in [-0.15, -0.1) is 0 Å². The first-order chi connectivity index (χ1) is 17.7. The van der Waals surface area contributed by atoms with Crippen LogP contribution >= 0.6 is 0 Å². The third-order valence-electron chi connectivity index (χ3n) is 6.75. The molecule has 2 heterocycles. The summed E-state index contributed by atoms with van der Waals surface area (Å²) in [5, 5.41) is 6.26. The predicted molar refractivity (Wildman–Crippen MR) is 128 cm³/mol. The maximum atomic E-state index is 12.8. The molecule has 0 radical (unpaired) electrons. The summed E-state index contributed by atoms with van der Waals surface area (Å²) in [6, 6.07) is 10.8. The average Bonchev–Trinajstić information content (AvgIpc) is 3.29. The van der Waals surface area contributed by atoms with Crippen molar-refractivity contribution >= 4 is 11.6 Å². The van der Waals surface area contributed by atoms with Gasteiger partial charge in [0.1, 0.15) is 11.9 Å². The quantitative estimate of drug-likeness (QED) is 0.463. The molecule has 2 fully saturated rings. The van der Waals surface area contributed by atoms with E-state index in [1.165, 1.54) is 12.1 Å². The van der Waals surface area contributed by atoms with E-state index >= 15 is 0 Å². The number of anilines is 1. The maximum Gasteiger partial charge on any atom is 0.416 e. The highest BCUT2D eigenvalue weighted by molar-refractivity contribution is 5.94. The minimum absolute atomic E-state index is 0.174. The molecule has 2 aromatic rings. The zero-order valence-corrected chi connectivity index (χ0v) is 20.1. The van der Waals surface area contributed by atoms with Crippen molar-refractivity contribution in [2.75, 3.05) is 37.7 Å². The molecule has 0 bridgehead atoms. The fraction of sp³-hybridized carbons (Fsp3) is 0.500. The number of benzene rings is 2. The lowest BCUT2D eigenvalue weighted by atomic mass is 9.98. The second-order valence-electron chi connectivity index (χ2n) is 9.35. The average molecular weight is 528 g/mol. The highest BCUT2D eigenvalue weighted by atomic mass is 19.4. The lowest BCUT2D eigenvalue weighted by Crippen LogP contribution is -2.36. The van der Waals surface area contributed by atoms with E-state index in [1.807, 2.05) is 4.90 Å². The number of nitrogens with zero attached hydrogens (tertiary/aromatic N) is 1. The second-order valence-corrected chi connectivity index (χ2v) is 9.35. The molecule has 6 nitrogen and oxygen atoms in total. The minimum atomic E-state index is -4.45. The van der Waals surface area contributed by atoms with Crippen LogP contribution in [-0.2, 0) is 10.9 Å². The number of hydrogen-bond donors (Lipinski definition) is 2. The molecule has 2 saturated heterocycles. The standard InChI is InChI=1S/C26H30F5N3O3/c27-25(28)36-16-21-13-23(37-22-7-3-19(4-8-22)26(29,30)31)15-34(21)20-5-1-18(2-6-20)24(35)33-14-17-9-11-32-12-10-17/h1-8,17,21,23,25,32H,9-16H2,(H,33,35)/t21-,23-/m0/s1. The van der Waals surface area contributed by atoms with Crippen molar-refractivity contribution in [2.45, 2.75) is 44.2 Å². The third kappa shape index (κ3) is 7.54. The monoisotopic (exact) mass is 527 g/mol. The van der Waals surface area contributed by atoms with Gasteiger partial charge in [0.15, 0.2) is 0 Å². The summed E-state index contributed by atoms with van der Waals surface area (Å²) in [6.07, 6.45) is -2.52. The highest BCUT2D eigenvalue weighted by Gasteiger charge is 2.35. The van der Waals surface area contributed by atoms with E-state index in [0.717, 1.165) is 38.1 Å². The molecule has 2 aromatic carbocycles. The number of ether oxygens (including phenoxy) is 2. The SMILES string of the molecule is O=C(NCC1CCNCC1)c1ccc(N2C[C@@H](Oc3ccc(C(F)(F)F)cc3)C[C@H]2COC(F)F)cc1. The number of rotatable bonds is 9. The third-order valence-corrected chi connectivity index (χ3v) is 6.75. The first-order valence-corrected chi connectivity index (χ1v) is 12.3. The van der Waals surface area contributed by atoms with Gasteiger partial charge in [0.25, 0.3) is 5.91 Å². The number of piperidine rings is 1. The molecular weight excluding hydrogens is 497 g/mol. The minimum Gasteiger partial charge on any atom is -0.489 e. The van der Waals surface area contributed by atoms with E-state index in [4.69, 9.17) is 4.74 Å². The molecule has 0 unspecified atom stereocenters. The Morgan fingerprint density at radius 3 is 2.35 bits per heavy atom. The Hall–Kier alpha value is -2.92. The number of hydrogen-bond acceptors (Lipinski definition) is 5. The molecule has 202 valence electrons. The van der Waals surface area contributed by atoms with Crippen LogP contribution in [0.1, 0.15) is 35.2 Å². The lowest BCUT2D eigenvalue weighted by molar-refractivity contribution is -0.137. The smallest absolute Gasteiger partial charge is 0.416 e. The maximum absolute atomic E-state index is 12.8. The van der Waals surface area contributed by atoms with Crippen molar-refractivity contribution in [1.29, 1.82) is 0 Å². The molecule has 0 spiro atoms. The fourth-order valence-corrected chi connectivity index (χ4v) is 4.76. The molecule has 11 heteroatoms. The summed E-state index contributed by atoms with van der Waals surface area (Å²) in [6.45, 7) is -0.342. The zero-order valence-electron chi connectivity index (χ0n) is 20.1. The van der Waals surface area contributed by atoms with Crippen LogP contribution in [0.2, 0.25) is 0 Å². The summed E-state index contributed by atoms with van der Waals surface area (Å²) in [5.74, 6) is 0.535. The second kappa shape index (κ2) is 12.1. The van der Waals surface area contributed by atoms with Crippen molar-refractivity contribution in [3.63, 3.8) is 0 Å². The van der Waals surface area contributed by atoms with Crippen LogP contribution < -0.4 is 20.3 Å². The van der Waals surface area contributed by atoms with Crippen molar-refractivity contribution in [2.24, 2.45) is 5.92 Å². The summed E-state index contributed by atoms with van der Waals surface area (Å²) < 4.78 is 74.3. The molecule has 0 aromatic heterocycles. The van der Waals surface area contributed by atoms with Crippen molar-refractivity contribution in [3.05, 3.63) is 59.7 Å². The van der Waals surface area contributed by atoms with Gasteiger partial charge < -0.3 is 25.0 Å². The van der Waals surface area contributed by atoms with Crippen LogP contribution in [0.3, 0.4) is 0 Å². The molecule has 2 aliphatic rings. The van der Waals surface area contributed by atoms with Gasteiger partial charge in [-0.05, 0) is 80.4 Å². The van der Waals surface area contributed by atoms with Crippen molar-refractivity contribution < 1.29 is 36.2 Å². The number of carbonyl (C=O) groups is 1. The zero-order chi connectivity index (χ0) is 26.4. The van der Waals surface area contributed by atoms with E-state index in [-0.39, 0.29) is 18.3 Å². The Balaban J connectivity index is 1.39.